The van der Waals surface area contributed by atoms with Crippen molar-refractivity contribution < 1.29 is 4.74 Å². The lowest BCUT2D eigenvalue weighted by atomic mass is 10.0. The van der Waals surface area contributed by atoms with Crippen LogP contribution >= 0.6 is 0 Å². The van der Waals surface area contributed by atoms with Crippen LogP contribution in [-0.2, 0) is 4.74 Å². The van der Waals surface area contributed by atoms with E-state index in [0.29, 0.717) is 12.1 Å². The smallest absolute Gasteiger partial charge is 0.0855 e. The molecular formula is C17H36N2O. The zero-order valence-corrected chi connectivity index (χ0v) is 14.0. The zero-order chi connectivity index (χ0) is 14.6. The molecule has 3 nitrogen and oxygen atoms in total. The van der Waals surface area contributed by atoms with Crippen molar-refractivity contribution >= 4 is 0 Å². The third-order valence-electron chi connectivity index (χ3n) is 4.48. The monoisotopic (exact) mass is 284 g/mol. The van der Waals surface area contributed by atoms with E-state index >= 15 is 0 Å². The third-order valence-corrected chi connectivity index (χ3v) is 4.48. The first-order valence-electron chi connectivity index (χ1n) is 8.75. The van der Waals surface area contributed by atoms with Crippen molar-refractivity contribution in [3.63, 3.8) is 0 Å². The Balaban J connectivity index is 2.03. The lowest BCUT2D eigenvalue weighted by Crippen LogP contribution is -2.50. The van der Waals surface area contributed by atoms with Crippen LogP contribution in [0, 0.1) is 0 Å². The van der Waals surface area contributed by atoms with E-state index in [1.807, 2.05) is 0 Å². The van der Waals surface area contributed by atoms with E-state index in [-0.39, 0.29) is 0 Å². The summed E-state index contributed by atoms with van der Waals surface area (Å²) in [4.78, 5) is 2.38. The Kier molecular flexibility index (Phi) is 10.3. The van der Waals surface area contributed by atoms with Crippen LogP contribution in [0.4, 0.5) is 0 Å². The first-order chi connectivity index (χ1) is 9.77. The fraction of sp³-hybridized carbons (Fsp3) is 1.00. The molecule has 1 saturated heterocycles. The lowest BCUT2D eigenvalue weighted by Gasteiger charge is -2.35. The van der Waals surface area contributed by atoms with Crippen molar-refractivity contribution in [1.82, 2.24) is 10.2 Å². The molecule has 20 heavy (non-hydrogen) atoms. The zero-order valence-electron chi connectivity index (χ0n) is 14.0. The van der Waals surface area contributed by atoms with Gasteiger partial charge in [-0.2, -0.15) is 0 Å². The van der Waals surface area contributed by atoms with Crippen molar-refractivity contribution in [3.05, 3.63) is 0 Å². The molecule has 1 aliphatic heterocycles. The van der Waals surface area contributed by atoms with Gasteiger partial charge in [0.15, 0.2) is 0 Å². The normalized spacial score (nSPS) is 22.1. The minimum atomic E-state index is 0.378. The summed E-state index contributed by atoms with van der Waals surface area (Å²) in [6.07, 6.45) is 12.8. The molecule has 0 radical (unpaired) electrons. The average molecular weight is 284 g/mol. The van der Waals surface area contributed by atoms with Gasteiger partial charge in [-0.1, -0.05) is 58.3 Å². The summed E-state index contributed by atoms with van der Waals surface area (Å²) in [5.74, 6) is 0. The van der Waals surface area contributed by atoms with Crippen molar-refractivity contribution in [1.29, 1.82) is 0 Å². The predicted molar refractivity (Wildman–Crippen MR) is 87.3 cm³/mol. The molecule has 1 aliphatic rings. The maximum Gasteiger partial charge on any atom is 0.0855 e. The highest BCUT2D eigenvalue weighted by atomic mass is 16.5. The molecule has 0 aromatic rings. The molecule has 1 fully saturated rings. The molecule has 0 saturated carbocycles. The van der Waals surface area contributed by atoms with Crippen LogP contribution in [0.25, 0.3) is 0 Å². The molecule has 1 rings (SSSR count). The van der Waals surface area contributed by atoms with Gasteiger partial charge in [-0.05, 0) is 20.5 Å². The molecule has 1 N–H and O–H groups in total. The molecule has 1 heterocycles. The first-order valence-corrected chi connectivity index (χ1v) is 8.75. The molecule has 0 aliphatic carbocycles. The molecule has 0 amide bonds. The van der Waals surface area contributed by atoms with Crippen LogP contribution in [0.3, 0.4) is 0 Å². The summed E-state index contributed by atoms with van der Waals surface area (Å²) in [7, 11) is 4.27. The molecule has 0 spiro atoms. The van der Waals surface area contributed by atoms with E-state index in [9.17, 15) is 0 Å². The van der Waals surface area contributed by atoms with Crippen molar-refractivity contribution in [2.24, 2.45) is 0 Å². The summed E-state index contributed by atoms with van der Waals surface area (Å²) < 4.78 is 5.92. The number of rotatable bonds is 11. The highest BCUT2D eigenvalue weighted by Crippen LogP contribution is 2.15. The molecule has 0 aromatic carbocycles. The Morgan fingerprint density at radius 2 is 1.75 bits per heavy atom. The number of likely N-dealkylation sites (N-methyl/N-ethyl adjacent to an activating group) is 2. The molecule has 0 aromatic heterocycles. The quantitative estimate of drug-likeness (QED) is 0.588. The van der Waals surface area contributed by atoms with Crippen LogP contribution in [0.1, 0.15) is 64.7 Å². The predicted octanol–water partition coefficient (Wildman–Crippen LogP) is 3.44. The largest absolute Gasteiger partial charge is 0.374 e. The highest BCUT2D eigenvalue weighted by molar-refractivity contribution is 4.81. The Morgan fingerprint density at radius 3 is 2.35 bits per heavy atom. The van der Waals surface area contributed by atoms with Gasteiger partial charge in [-0.25, -0.2) is 0 Å². The van der Waals surface area contributed by atoms with Gasteiger partial charge >= 0.3 is 0 Å². The SMILES string of the molecule is CCCCCCCCCCC(NC)C1CN(C)CCO1. The number of nitrogens with zero attached hydrogens (tertiary/aromatic N) is 1. The summed E-state index contributed by atoms with van der Waals surface area (Å²) in [6.45, 7) is 5.31. The maximum absolute atomic E-state index is 5.92. The molecule has 3 heteroatoms. The molecule has 2 atom stereocenters. The fourth-order valence-electron chi connectivity index (χ4n) is 3.07. The summed E-state index contributed by atoms with van der Waals surface area (Å²) in [5, 5.41) is 3.46. The van der Waals surface area contributed by atoms with Gasteiger partial charge in [-0.15, -0.1) is 0 Å². The number of unbranched alkanes of at least 4 members (excludes halogenated alkanes) is 7. The van der Waals surface area contributed by atoms with Gasteiger partial charge in [0.05, 0.1) is 12.7 Å². The summed E-state index contributed by atoms with van der Waals surface area (Å²) in [5.41, 5.74) is 0. The van der Waals surface area contributed by atoms with Crippen LogP contribution in [0.5, 0.6) is 0 Å². The second-order valence-corrected chi connectivity index (χ2v) is 6.33. The van der Waals surface area contributed by atoms with Crippen LogP contribution < -0.4 is 5.32 Å². The minimum Gasteiger partial charge on any atom is -0.374 e. The molecule has 0 bridgehead atoms. The number of hydrogen-bond donors (Lipinski definition) is 1. The fourth-order valence-corrected chi connectivity index (χ4v) is 3.07. The van der Waals surface area contributed by atoms with E-state index in [2.05, 4.69) is 31.2 Å². The number of hydrogen-bond acceptors (Lipinski definition) is 3. The van der Waals surface area contributed by atoms with Gasteiger partial charge in [0.1, 0.15) is 0 Å². The number of ether oxygens (including phenoxy) is 1. The van der Waals surface area contributed by atoms with Crippen molar-refractivity contribution in [2.45, 2.75) is 76.9 Å². The second-order valence-electron chi connectivity index (χ2n) is 6.33. The molecule has 2 unspecified atom stereocenters. The van der Waals surface area contributed by atoms with E-state index in [1.165, 1.54) is 57.8 Å². The lowest BCUT2D eigenvalue weighted by molar-refractivity contribution is -0.0390. The average Bonchev–Trinajstić information content (AvgIpc) is 2.46. The first kappa shape index (κ1) is 17.9. The highest BCUT2D eigenvalue weighted by Gasteiger charge is 2.25. The van der Waals surface area contributed by atoms with Gasteiger partial charge < -0.3 is 15.0 Å². The molecular weight excluding hydrogens is 248 g/mol. The number of morpholine rings is 1. The van der Waals surface area contributed by atoms with Gasteiger partial charge in [0, 0.05) is 19.1 Å². The van der Waals surface area contributed by atoms with E-state index < -0.39 is 0 Å². The van der Waals surface area contributed by atoms with Gasteiger partial charge in [0.25, 0.3) is 0 Å². The van der Waals surface area contributed by atoms with Crippen LogP contribution in [0.15, 0.2) is 0 Å². The maximum atomic E-state index is 5.92. The summed E-state index contributed by atoms with van der Waals surface area (Å²) >= 11 is 0. The van der Waals surface area contributed by atoms with Gasteiger partial charge in [-0.3, -0.25) is 0 Å². The minimum absolute atomic E-state index is 0.378. The van der Waals surface area contributed by atoms with Crippen LogP contribution in [-0.4, -0.2) is 50.8 Å². The van der Waals surface area contributed by atoms with Crippen LogP contribution in [0.2, 0.25) is 0 Å². The van der Waals surface area contributed by atoms with E-state index in [0.717, 1.165) is 19.7 Å². The Morgan fingerprint density at radius 1 is 1.10 bits per heavy atom. The van der Waals surface area contributed by atoms with E-state index in [1.54, 1.807) is 0 Å². The number of nitrogens with one attached hydrogen (secondary N) is 1. The molecule has 120 valence electrons. The van der Waals surface area contributed by atoms with Crippen molar-refractivity contribution in [3.8, 4) is 0 Å². The standard InChI is InChI=1S/C17H36N2O/c1-4-5-6-7-8-9-10-11-12-16(18-2)17-15-19(3)13-14-20-17/h16-18H,4-15H2,1-3H3. The Bertz CT molecular complexity index is 223. The van der Waals surface area contributed by atoms with Gasteiger partial charge in [0.2, 0.25) is 0 Å². The Hall–Kier alpha value is -0.120. The topological polar surface area (TPSA) is 24.5 Å². The third kappa shape index (κ3) is 7.61. The summed E-state index contributed by atoms with van der Waals surface area (Å²) in [6, 6.07) is 0.526. The van der Waals surface area contributed by atoms with Crippen molar-refractivity contribution in [2.75, 3.05) is 33.8 Å². The van der Waals surface area contributed by atoms with E-state index in [4.69, 9.17) is 4.74 Å². The second kappa shape index (κ2) is 11.5. The Labute approximate surface area is 126 Å².